The van der Waals surface area contributed by atoms with Crippen molar-refractivity contribution in [3.63, 3.8) is 0 Å². The Hall–Kier alpha value is -4.78. The number of hydrogen-bond acceptors (Lipinski definition) is 4. The third-order valence-corrected chi connectivity index (χ3v) is 5.77. The summed E-state index contributed by atoms with van der Waals surface area (Å²) in [5.74, 6) is 0.856. The second-order valence-electron chi connectivity index (χ2n) is 8.09. The van der Waals surface area contributed by atoms with E-state index in [0.29, 0.717) is 29.1 Å². The number of nitrogens with zero attached hydrogens (tertiary/aromatic N) is 1. The minimum Gasteiger partial charge on any atom is -0.507 e. The molecule has 2 aromatic heterocycles. The molecule has 0 aliphatic carbocycles. The number of fused-ring (bicyclic) bond motifs is 1. The summed E-state index contributed by atoms with van der Waals surface area (Å²) in [7, 11) is 1.58. The minimum absolute atomic E-state index is 0.188. The van der Waals surface area contributed by atoms with Crippen LogP contribution in [0.2, 0.25) is 0 Å². The fraction of sp³-hybridized carbons (Fsp3) is 0.0714. The Morgan fingerprint density at radius 1 is 1.00 bits per heavy atom. The number of phenols is 1. The Kier molecular flexibility index (Phi) is 6.05. The molecule has 35 heavy (non-hydrogen) atoms. The number of aromatic nitrogens is 2. The van der Waals surface area contributed by atoms with Crippen LogP contribution in [0, 0.1) is 0 Å². The third kappa shape index (κ3) is 4.79. The van der Waals surface area contributed by atoms with Gasteiger partial charge >= 0.3 is 6.03 Å². The predicted molar refractivity (Wildman–Crippen MR) is 137 cm³/mol. The summed E-state index contributed by atoms with van der Waals surface area (Å²) in [4.78, 5) is 19.9. The number of aromatic hydroxyl groups is 1. The van der Waals surface area contributed by atoms with Crippen molar-refractivity contribution in [3.05, 3.63) is 96.8 Å². The lowest BCUT2D eigenvalue weighted by atomic mass is 9.98. The molecule has 7 heteroatoms. The van der Waals surface area contributed by atoms with E-state index in [0.717, 1.165) is 27.7 Å². The molecule has 2 amide bonds. The van der Waals surface area contributed by atoms with Crippen molar-refractivity contribution < 1.29 is 14.6 Å². The molecule has 0 saturated carbocycles. The Bertz CT molecular complexity index is 1480. The quantitative estimate of drug-likeness (QED) is 0.250. The number of pyridine rings is 1. The largest absolute Gasteiger partial charge is 0.507 e. The zero-order chi connectivity index (χ0) is 24.2. The number of rotatable bonds is 6. The third-order valence-electron chi connectivity index (χ3n) is 5.77. The first kappa shape index (κ1) is 22.0. The van der Waals surface area contributed by atoms with Crippen molar-refractivity contribution in [3.8, 4) is 33.9 Å². The van der Waals surface area contributed by atoms with Gasteiger partial charge in [-0.05, 0) is 47.5 Å². The normalized spacial score (nSPS) is 10.8. The Labute approximate surface area is 202 Å². The number of phenolic OH excluding ortho intramolecular Hbond substituents is 1. The molecular formula is C28H24N4O3. The standard InChI is InChI=1S/C28H24N4O3/c1-35-22-8-3-7-21(15-22)31-28(34)30-16-18-5-2-6-19(13-18)23-9-4-10-24(27(23)33)26-14-20-17-29-12-11-25(20)32-26/h2-15,17,32-33H,16H2,1H3,(H2,30,31,34). The first-order valence-electron chi connectivity index (χ1n) is 11.1. The number of H-pyrrole nitrogens is 1. The number of hydrogen-bond donors (Lipinski definition) is 4. The molecule has 0 bridgehead atoms. The molecule has 0 aliphatic heterocycles. The summed E-state index contributed by atoms with van der Waals surface area (Å²) in [5, 5.41) is 17.8. The molecule has 7 nitrogen and oxygen atoms in total. The summed E-state index contributed by atoms with van der Waals surface area (Å²) in [6.45, 7) is 0.332. The molecule has 2 heterocycles. The SMILES string of the molecule is COc1cccc(NC(=O)NCc2cccc(-c3cccc(-c4cc5cnccc5[nH]4)c3O)c2)c1. The van der Waals surface area contributed by atoms with Gasteiger partial charge in [0.15, 0.2) is 0 Å². The van der Waals surface area contributed by atoms with Gasteiger partial charge in [0.05, 0.1) is 12.8 Å². The highest BCUT2D eigenvalue weighted by Gasteiger charge is 2.13. The number of nitrogens with one attached hydrogen (secondary N) is 3. The molecule has 0 unspecified atom stereocenters. The topological polar surface area (TPSA) is 99.3 Å². The van der Waals surface area contributed by atoms with Crippen molar-refractivity contribution in [2.45, 2.75) is 6.54 Å². The van der Waals surface area contributed by atoms with E-state index in [9.17, 15) is 9.90 Å². The van der Waals surface area contributed by atoms with Gasteiger partial charge in [0, 0.05) is 52.7 Å². The fourth-order valence-electron chi connectivity index (χ4n) is 4.02. The molecule has 4 N–H and O–H groups in total. The van der Waals surface area contributed by atoms with E-state index in [-0.39, 0.29) is 11.8 Å². The van der Waals surface area contributed by atoms with Crippen LogP contribution in [0.15, 0.2) is 91.3 Å². The van der Waals surface area contributed by atoms with Crippen LogP contribution in [0.1, 0.15) is 5.56 Å². The molecule has 174 valence electrons. The molecule has 3 aromatic carbocycles. The molecule has 0 saturated heterocycles. The zero-order valence-electron chi connectivity index (χ0n) is 19.1. The number of para-hydroxylation sites is 1. The highest BCUT2D eigenvalue weighted by molar-refractivity contribution is 5.90. The highest BCUT2D eigenvalue weighted by Crippen LogP contribution is 2.38. The van der Waals surface area contributed by atoms with Crippen LogP contribution >= 0.6 is 0 Å². The summed E-state index contributed by atoms with van der Waals surface area (Å²) in [5.41, 5.74) is 5.60. The van der Waals surface area contributed by atoms with Crippen LogP contribution in [0.4, 0.5) is 10.5 Å². The Balaban J connectivity index is 1.33. The van der Waals surface area contributed by atoms with Crippen molar-refractivity contribution in [1.29, 1.82) is 0 Å². The lowest BCUT2D eigenvalue weighted by Gasteiger charge is -2.12. The van der Waals surface area contributed by atoms with Gasteiger partial charge in [0.1, 0.15) is 11.5 Å². The predicted octanol–water partition coefficient (Wildman–Crippen LogP) is 5.93. The van der Waals surface area contributed by atoms with Crippen LogP contribution in [-0.4, -0.2) is 28.2 Å². The van der Waals surface area contributed by atoms with Gasteiger partial charge in [-0.1, -0.05) is 36.4 Å². The van der Waals surface area contributed by atoms with Crippen LogP contribution in [0.5, 0.6) is 11.5 Å². The average molecular weight is 465 g/mol. The van der Waals surface area contributed by atoms with E-state index >= 15 is 0 Å². The van der Waals surface area contributed by atoms with Crippen LogP contribution < -0.4 is 15.4 Å². The van der Waals surface area contributed by atoms with Gasteiger partial charge in [0.25, 0.3) is 0 Å². The number of carbonyl (C=O) groups is 1. The van der Waals surface area contributed by atoms with Gasteiger partial charge < -0.3 is 25.5 Å². The maximum atomic E-state index is 12.4. The maximum absolute atomic E-state index is 12.4. The molecule has 5 aromatic rings. The van der Waals surface area contributed by atoms with Gasteiger partial charge in [-0.2, -0.15) is 0 Å². The number of anilines is 1. The van der Waals surface area contributed by atoms with E-state index in [4.69, 9.17) is 4.74 Å². The highest BCUT2D eigenvalue weighted by atomic mass is 16.5. The van der Waals surface area contributed by atoms with Gasteiger partial charge in [-0.15, -0.1) is 0 Å². The number of benzene rings is 3. The number of ether oxygens (including phenoxy) is 1. The fourth-order valence-corrected chi connectivity index (χ4v) is 4.02. The van der Waals surface area contributed by atoms with Gasteiger partial charge in [-0.3, -0.25) is 4.98 Å². The second-order valence-corrected chi connectivity index (χ2v) is 8.09. The van der Waals surface area contributed by atoms with E-state index in [2.05, 4.69) is 20.6 Å². The van der Waals surface area contributed by atoms with E-state index in [1.807, 2.05) is 66.7 Å². The maximum Gasteiger partial charge on any atom is 0.319 e. The van der Waals surface area contributed by atoms with E-state index in [1.54, 1.807) is 31.6 Å². The molecule has 5 rings (SSSR count). The first-order chi connectivity index (χ1) is 17.1. The smallest absolute Gasteiger partial charge is 0.319 e. The summed E-state index contributed by atoms with van der Waals surface area (Å²) < 4.78 is 5.19. The second kappa shape index (κ2) is 9.61. The van der Waals surface area contributed by atoms with Gasteiger partial charge in [0.2, 0.25) is 0 Å². The molecule has 0 spiro atoms. The average Bonchev–Trinajstić information content (AvgIpc) is 3.32. The number of aromatic amines is 1. The monoisotopic (exact) mass is 464 g/mol. The van der Waals surface area contributed by atoms with Crippen molar-refractivity contribution >= 4 is 22.6 Å². The van der Waals surface area contributed by atoms with E-state index < -0.39 is 0 Å². The van der Waals surface area contributed by atoms with Crippen molar-refractivity contribution in [1.82, 2.24) is 15.3 Å². The summed E-state index contributed by atoms with van der Waals surface area (Å²) in [6.07, 6.45) is 3.52. The molecular weight excluding hydrogens is 440 g/mol. The van der Waals surface area contributed by atoms with E-state index in [1.165, 1.54) is 0 Å². The number of methoxy groups -OCH3 is 1. The molecule has 0 aliphatic rings. The molecule has 0 radical (unpaired) electrons. The number of amides is 2. The first-order valence-corrected chi connectivity index (χ1v) is 11.1. The molecule has 0 fully saturated rings. The molecule has 0 atom stereocenters. The van der Waals surface area contributed by atoms with Gasteiger partial charge in [-0.25, -0.2) is 4.79 Å². The number of carbonyl (C=O) groups excluding carboxylic acids is 1. The Morgan fingerprint density at radius 3 is 2.69 bits per heavy atom. The lowest BCUT2D eigenvalue weighted by Crippen LogP contribution is -2.28. The zero-order valence-corrected chi connectivity index (χ0v) is 19.1. The minimum atomic E-state index is -0.318. The Morgan fingerprint density at radius 2 is 1.83 bits per heavy atom. The van der Waals surface area contributed by atoms with Crippen molar-refractivity contribution in [2.24, 2.45) is 0 Å². The van der Waals surface area contributed by atoms with Crippen LogP contribution in [0.3, 0.4) is 0 Å². The number of urea groups is 1. The van der Waals surface area contributed by atoms with Crippen LogP contribution in [0.25, 0.3) is 33.3 Å². The lowest BCUT2D eigenvalue weighted by molar-refractivity contribution is 0.251. The van der Waals surface area contributed by atoms with Crippen molar-refractivity contribution in [2.75, 3.05) is 12.4 Å². The summed E-state index contributed by atoms with van der Waals surface area (Å²) >= 11 is 0. The summed E-state index contributed by atoms with van der Waals surface area (Å²) in [6, 6.07) is 24.1. The van der Waals surface area contributed by atoms with Crippen LogP contribution in [-0.2, 0) is 6.54 Å².